The lowest BCUT2D eigenvalue weighted by molar-refractivity contribution is 0.0524. The van der Waals surface area contributed by atoms with E-state index in [4.69, 9.17) is 4.74 Å². The van der Waals surface area contributed by atoms with Gasteiger partial charge in [0.15, 0.2) is 0 Å². The Morgan fingerprint density at radius 2 is 1.69 bits per heavy atom. The molecule has 0 radical (unpaired) electrons. The van der Waals surface area contributed by atoms with E-state index >= 15 is 4.39 Å². The number of nitrogens with one attached hydrogen (secondary N) is 2. The zero-order valence-electron chi connectivity index (χ0n) is 29.3. The number of aryl methyl sites for hydroxylation is 2. The second-order valence-electron chi connectivity index (χ2n) is 13.6. The molecule has 262 valence electrons. The first-order valence-corrected chi connectivity index (χ1v) is 17.0. The number of hydrogen-bond acceptors (Lipinski definition) is 8. The number of hydrogen-bond donors (Lipinski definition) is 2. The summed E-state index contributed by atoms with van der Waals surface area (Å²) in [5, 5.41) is 3.28. The second-order valence-corrected chi connectivity index (χ2v) is 13.6. The highest BCUT2D eigenvalue weighted by Gasteiger charge is 2.26. The summed E-state index contributed by atoms with van der Waals surface area (Å²) in [4.78, 5) is 58.4. The number of carbonyl (C=O) groups is 1. The smallest absolute Gasteiger partial charge is 0.343 e. The number of benzene rings is 2. The Morgan fingerprint density at radius 1 is 0.980 bits per heavy atom. The SMILES string of the molecule is CCOC(=O)c1cn(C(C)(C)C)c2cc(N3CCN(CCCCn4c(=O)cc(Nc5ccc(C)c(CC)c5)[nH]c4=O)CC3)c(F)cc2c1=O. The molecule has 1 aliphatic heterocycles. The average Bonchev–Trinajstić information content (AvgIpc) is 3.05. The maximum absolute atomic E-state index is 15.6. The fourth-order valence-corrected chi connectivity index (χ4v) is 6.39. The molecule has 11 nitrogen and oxygen atoms in total. The van der Waals surface area contributed by atoms with Gasteiger partial charge < -0.3 is 19.5 Å². The largest absolute Gasteiger partial charge is 0.462 e. The van der Waals surface area contributed by atoms with E-state index in [9.17, 15) is 19.2 Å². The lowest BCUT2D eigenvalue weighted by Crippen LogP contribution is -2.47. The van der Waals surface area contributed by atoms with Gasteiger partial charge in [0.2, 0.25) is 5.43 Å². The van der Waals surface area contributed by atoms with E-state index in [0.717, 1.165) is 25.1 Å². The molecule has 1 aliphatic rings. The summed E-state index contributed by atoms with van der Waals surface area (Å²) in [5.41, 5.74) is 2.22. The van der Waals surface area contributed by atoms with Crippen molar-refractivity contribution in [1.29, 1.82) is 0 Å². The first-order valence-electron chi connectivity index (χ1n) is 17.0. The minimum absolute atomic E-state index is 0.114. The molecule has 0 aliphatic carbocycles. The Morgan fingerprint density at radius 3 is 2.35 bits per heavy atom. The van der Waals surface area contributed by atoms with Gasteiger partial charge in [0, 0.05) is 61.6 Å². The summed E-state index contributed by atoms with van der Waals surface area (Å²) < 4.78 is 23.7. The van der Waals surface area contributed by atoms with Gasteiger partial charge in [-0.3, -0.25) is 24.0 Å². The molecule has 2 aromatic carbocycles. The van der Waals surface area contributed by atoms with E-state index in [1.54, 1.807) is 13.0 Å². The van der Waals surface area contributed by atoms with Crippen molar-refractivity contribution in [2.45, 2.75) is 72.9 Å². The van der Waals surface area contributed by atoms with E-state index in [2.05, 4.69) is 29.0 Å². The molecule has 2 N–H and O–H groups in total. The molecule has 49 heavy (non-hydrogen) atoms. The number of carbonyl (C=O) groups excluding carboxylic acids is 1. The molecule has 5 rings (SSSR count). The van der Waals surface area contributed by atoms with Crippen LogP contribution in [0.5, 0.6) is 0 Å². The van der Waals surface area contributed by atoms with Crippen molar-refractivity contribution >= 4 is 34.1 Å². The summed E-state index contributed by atoms with van der Waals surface area (Å²) in [5.74, 6) is -0.872. The van der Waals surface area contributed by atoms with Crippen molar-refractivity contribution in [3.05, 3.63) is 96.2 Å². The van der Waals surface area contributed by atoms with Crippen molar-refractivity contribution < 1.29 is 13.9 Å². The fraction of sp³-hybridized carbons (Fsp3) is 0.459. The third kappa shape index (κ3) is 7.96. The normalized spacial score (nSPS) is 14.0. The molecule has 2 aromatic heterocycles. The summed E-state index contributed by atoms with van der Waals surface area (Å²) in [6.45, 7) is 15.5. The van der Waals surface area contributed by atoms with Gasteiger partial charge in [0.1, 0.15) is 17.2 Å². The maximum Gasteiger partial charge on any atom is 0.343 e. The molecule has 4 aromatic rings. The van der Waals surface area contributed by atoms with Crippen molar-refractivity contribution in [2.75, 3.05) is 49.5 Å². The van der Waals surface area contributed by atoms with Crippen LogP contribution < -0.4 is 26.9 Å². The van der Waals surface area contributed by atoms with E-state index < -0.39 is 28.4 Å². The highest BCUT2D eigenvalue weighted by Crippen LogP contribution is 2.29. The molecule has 0 atom stereocenters. The second kappa shape index (κ2) is 14.8. The first-order chi connectivity index (χ1) is 23.3. The summed E-state index contributed by atoms with van der Waals surface area (Å²) in [7, 11) is 0. The van der Waals surface area contributed by atoms with Crippen LogP contribution in [0.4, 0.5) is 21.6 Å². The minimum Gasteiger partial charge on any atom is -0.462 e. The molecule has 3 heterocycles. The number of anilines is 3. The summed E-state index contributed by atoms with van der Waals surface area (Å²) in [6, 6.07) is 10.3. The van der Waals surface area contributed by atoms with E-state index in [0.29, 0.717) is 56.2 Å². The Hall–Kier alpha value is -4.71. The Labute approximate surface area is 285 Å². The number of unbranched alkanes of at least 4 members (excludes halogenated alkanes) is 1. The Balaban J connectivity index is 1.19. The number of piperazine rings is 1. The Kier molecular flexibility index (Phi) is 10.8. The maximum atomic E-state index is 15.6. The third-order valence-corrected chi connectivity index (χ3v) is 9.14. The molecule has 0 amide bonds. The highest BCUT2D eigenvalue weighted by molar-refractivity contribution is 5.94. The molecule has 0 saturated carbocycles. The number of fused-ring (bicyclic) bond motifs is 1. The molecule has 0 bridgehead atoms. The number of pyridine rings is 1. The monoisotopic (exact) mass is 674 g/mol. The van der Waals surface area contributed by atoms with Crippen molar-refractivity contribution in [3.8, 4) is 0 Å². The van der Waals surface area contributed by atoms with Gasteiger partial charge in [-0.15, -0.1) is 0 Å². The van der Waals surface area contributed by atoms with Crippen LogP contribution >= 0.6 is 0 Å². The number of nitrogens with zero attached hydrogens (tertiary/aromatic N) is 4. The van der Waals surface area contributed by atoms with Gasteiger partial charge >= 0.3 is 11.7 Å². The molecular formula is C37H47FN6O5. The van der Waals surface area contributed by atoms with Crippen LogP contribution in [0.3, 0.4) is 0 Å². The Bertz CT molecular complexity index is 1990. The number of H-pyrrole nitrogens is 1. The molecule has 1 fully saturated rings. The average molecular weight is 675 g/mol. The highest BCUT2D eigenvalue weighted by atomic mass is 19.1. The van der Waals surface area contributed by atoms with Crippen LogP contribution in [-0.4, -0.2) is 64.3 Å². The molecule has 0 spiro atoms. The first kappa shape index (κ1) is 35.6. The van der Waals surface area contributed by atoms with Crippen molar-refractivity contribution in [1.82, 2.24) is 19.0 Å². The number of rotatable bonds is 11. The number of esters is 1. The van der Waals surface area contributed by atoms with Crippen LogP contribution in [-0.2, 0) is 23.2 Å². The quantitative estimate of drug-likeness (QED) is 0.166. The van der Waals surface area contributed by atoms with Gasteiger partial charge in [-0.25, -0.2) is 14.0 Å². The number of ether oxygens (including phenoxy) is 1. The third-order valence-electron chi connectivity index (χ3n) is 9.14. The van der Waals surface area contributed by atoms with Crippen LogP contribution in [0.15, 0.2) is 57.0 Å². The van der Waals surface area contributed by atoms with E-state index in [1.165, 1.54) is 34.0 Å². The lowest BCUT2D eigenvalue weighted by atomic mass is 10.0. The van der Waals surface area contributed by atoms with Gasteiger partial charge in [-0.2, -0.15) is 0 Å². The van der Waals surface area contributed by atoms with Gasteiger partial charge in [0.25, 0.3) is 5.56 Å². The zero-order chi connectivity index (χ0) is 35.5. The molecule has 12 heteroatoms. The predicted octanol–water partition coefficient (Wildman–Crippen LogP) is 5.14. The van der Waals surface area contributed by atoms with Gasteiger partial charge in [-0.1, -0.05) is 13.0 Å². The van der Waals surface area contributed by atoms with Gasteiger partial charge in [-0.05, 0) is 95.8 Å². The summed E-state index contributed by atoms with van der Waals surface area (Å²) >= 11 is 0. The van der Waals surface area contributed by atoms with Crippen LogP contribution in [0.1, 0.15) is 68.9 Å². The predicted molar refractivity (Wildman–Crippen MR) is 192 cm³/mol. The molecular weight excluding hydrogens is 627 g/mol. The molecule has 1 saturated heterocycles. The topological polar surface area (TPSA) is 122 Å². The fourth-order valence-electron chi connectivity index (χ4n) is 6.39. The van der Waals surface area contributed by atoms with Crippen LogP contribution in [0.25, 0.3) is 10.9 Å². The lowest BCUT2D eigenvalue weighted by Gasteiger charge is -2.36. The zero-order valence-corrected chi connectivity index (χ0v) is 29.3. The van der Waals surface area contributed by atoms with E-state index in [-0.39, 0.29) is 23.1 Å². The van der Waals surface area contributed by atoms with Crippen molar-refractivity contribution in [3.63, 3.8) is 0 Å². The van der Waals surface area contributed by atoms with E-state index in [1.807, 2.05) is 48.4 Å². The van der Waals surface area contributed by atoms with Crippen LogP contribution in [0.2, 0.25) is 0 Å². The van der Waals surface area contributed by atoms with Crippen molar-refractivity contribution in [2.24, 2.45) is 0 Å². The number of halogens is 1. The number of aromatic nitrogens is 3. The number of aromatic amines is 1. The molecule has 0 unspecified atom stereocenters. The van der Waals surface area contributed by atoms with Crippen LogP contribution in [0, 0.1) is 12.7 Å². The van der Waals surface area contributed by atoms with Gasteiger partial charge in [0.05, 0.1) is 17.8 Å². The standard InChI is InChI=1S/C37H47FN6O5/c1-7-25-19-26(12-11-24(25)3)39-32-22-33(45)43(36(48)40-32)14-10-9-13-41-15-17-42(18-16-41)31-21-30-27(20-29(31)38)34(46)28(35(47)49-8-2)23-44(30)37(4,5)6/h11-12,19-23,39H,7-10,13-18H2,1-6H3,(H,40,48). The minimum atomic E-state index is -0.721. The summed E-state index contributed by atoms with van der Waals surface area (Å²) in [6.07, 6.45) is 3.86.